The van der Waals surface area contributed by atoms with Crippen molar-refractivity contribution in [2.45, 2.75) is 18.9 Å². The SMILES string of the molecule is CNC(Cc1ccco1)Cc1c(Cl)cccc1Cl. The summed E-state index contributed by atoms with van der Waals surface area (Å²) in [5.41, 5.74) is 0.978. The van der Waals surface area contributed by atoms with Gasteiger partial charge in [0.05, 0.1) is 6.26 Å². The molecule has 18 heavy (non-hydrogen) atoms. The molecule has 1 aromatic carbocycles. The number of halogens is 2. The van der Waals surface area contributed by atoms with Crippen LogP contribution in [0.25, 0.3) is 0 Å². The van der Waals surface area contributed by atoms with E-state index in [9.17, 15) is 0 Å². The molecule has 0 saturated heterocycles. The molecule has 1 N–H and O–H groups in total. The quantitative estimate of drug-likeness (QED) is 0.899. The first-order valence-electron chi connectivity index (χ1n) is 5.83. The lowest BCUT2D eigenvalue weighted by Gasteiger charge is -2.16. The third kappa shape index (κ3) is 3.29. The number of likely N-dealkylation sites (N-methyl/N-ethyl adjacent to an activating group) is 1. The predicted molar refractivity (Wildman–Crippen MR) is 75.4 cm³/mol. The van der Waals surface area contributed by atoms with E-state index in [2.05, 4.69) is 5.32 Å². The molecule has 1 unspecified atom stereocenters. The first-order valence-corrected chi connectivity index (χ1v) is 6.59. The fourth-order valence-electron chi connectivity index (χ4n) is 1.92. The van der Waals surface area contributed by atoms with Gasteiger partial charge >= 0.3 is 0 Å². The zero-order chi connectivity index (χ0) is 13.0. The third-order valence-corrected chi connectivity index (χ3v) is 3.66. The molecule has 0 amide bonds. The maximum Gasteiger partial charge on any atom is 0.105 e. The van der Waals surface area contributed by atoms with Crippen LogP contribution >= 0.6 is 23.2 Å². The number of nitrogens with one attached hydrogen (secondary N) is 1. The number of benzene rings is 1. The van der Waals surface area contributed by atoms with E-state index >= 15 is 0 Å². The fraction of sp³-hybridized carbons (Fsp3) is 0.286. The van der Waals surface area contributed by atoms with Gasteiger partial charge in [0.25, 0.3) is 0 Å². The van der Waals surface area contributed by atoms with Gasteiger partial charge in [-0.25, -0.2) is 0 Å². The van der Waals surface area contributed by atoms with Crippen molar-refractivity contribution in [3.63, 3.8) is 0 Å². The highest BCUT2D eigenvalue weighted by molar-refractivity contribution is 6.36. The summed E-state index contributed by atoms with van der Waals surface area (Å²) >= 11 is 12.4. The molecule has 0 aliphatic rings. The summed E-state index contributed by atoms with van der Waals surface area (Å²) in [4.78, 5) is 0. The Morgan fingerprint density at radius 2 is 1.83 bits per heavy atom. The first-order chi connectivity index (χ1) is 8.70. The van der Waals surface area contributed by atoms with Crippen LogP contribution in [0.2, 0.25) is 10.0 Å². The molecule has 0 bridgehead atoms. The van der Waals surface area contributed by atoms with E-state index in [0.29, 0.717) is 10.0 Å². The Balaban J connectivity index is 2.10. The van der Waals surface area contributed by atoms with Crippen molar-refractivity contribution < 1.29 is 4.42 Å². The van der Waals surface area contributed by atoms with Crippen LogP contribution in [0.1, 0.15) is 11.3 Å². The van der Waals surface area contributed by atoms with Crippen molar-refractivity contribution in [2.75, 3.05) is 7.05 Å². The average Bonchev–Trinajstić information content (AvgIpc) is 2.85. The molecule has 0 aliphatic carbocycles. The summed E-state index contributed by atoms with van der Waals surface area (Å²) in [6.45, 7) is 0. The lowest BCUT2D eigenvalue weighted by atomic mass is 10.0. The molecule has 0 radical (unpaired) electrons. The maximum atomic E-state index is 6.18. The Morgan fingerprint density at radius 3 is 2.39 bits per heavy atom. The van der Waals surface area contributed by atoms with E-state index < -0.39 is 0 Å². The maximum absolute atomic E-state index is 6.18. The van der Waals surface area contributed by atoms with Crippen LogP contribution in [0.15, 0.2) is 41.0 Å². The summed E-state index contributed by atoms with van der Waals surface area (Å²) < 4.78 is 5.36. The molecule has 1 atom stereocenters. The summed E-state index contributed by atoms with van der Waals surface area (Å²) in [5, 5.41) is 4.69. The zero-order valence-electron chi connectivity index (χ0n) is 10.1. The van der Waals surface area contributed by atoms with Crippen LogP contribution in [-0.2, 0) is 12.8 Å². The molecular formula is C14H15Cl2NO. The molecule has 1 heterocycles. The molecule has 2 aromatic rings. The predicted octanol–water partition coefficient (Wildman–Crippen LogP) is 3.96. The van der Waals surface area contributed by atoms with Gasteiger partial charge in [0.1, 0.15) is 5.76 Å². The second-order valence-electron chi connectivity index (χ2n) is 4.17. The molecular weight excluding hydrogens is 269 g/mol. The Labute approximate surface area is 117 Å². The summed E-state index contributed by atoms with van der Waals surface area (Å²) in [6.07, 6.45) is 3.27. The van der Waals surface area contributed by atoms with Crippen LogP contribution in [0, 0.1) is 0 Å². The number of hydrogen-bond donors (Lipinski definition) is 1. The minimum atomic E-state index is 0.244. The highest BCUT2D eigenvalue weighted by Gasteiger charge is 2.14. The Hall–Kier alpha value is -0.960. The molecule has 1 aromatic heterocycles. The fourth-order valence-corrected chi connectivity index (χ4v) is 2.47. The molecule has 96 valence electrons. The summed E-state index contributed by atoms with van der Waals surface area (Å²) in [6, 6.07) is 9.69. The number of rotatable bonds is 5. The van der Waals surface area contributed by atoms with Crippen LogP contribution in [0.3, 0.4) is 0 Å². The smallest absolute Gasteiger partial charge is 0.105 e. The van der Waals surface area contributed by atoms with Crippen LogP contribution < -0.4 is 5.32 Å². The normalized spacial score (nSPS) is 12.6. The molecule has 0 spiro atoms. The standard InChI is InChI=1S/C14H15Cl2NO/c1-17-10(8-11-4-3-7-18-11)9-12-13(15)5-2-6-14(12)16/h2-7,10,17H,8-9H2,1H3. The summed E-state index contributed by atoms with van der Waals surface area (Å²) in [5.74, 6) is 0.956. The van der Waals surface area contributed by atoms with Crippen LogP contribution in [-0.4, -0.2) is 13.1 Å². The minimum absolute atomic E-state index is 0.244. The second-order valence-corrected chi connectivity index (χ2v) is 4.99. The molecule has 2 nitrogen and oxygen atoms in total. The lowest BCUT2D eigenvalue weighted by molar-refractivity contribution is 0.456. The monoisotopic (exact) mass is 283 g/mol. The van der Waals surface area contributed by atoms with E-state index in [4.69, 9.17) is 27.6 Å². The van der Waals surface area contributed by atoms with E-state index in [-0.39, 0.29) is 6.04 Å². The highest BCUT2D eigenvalue weighted by Crippen LogP contribution is 2.26. The van der Waals surface area contributed by atoms with Crippen molar-refractivity contribution in [1.82, 2.24) is 5.32 Å². The highest BCUT2D eigenvalue weighted by atomic mass is 35.5. The largest absolute Gasteiger partial charge is 0.469 e. The zero-order valence-corrected chi connectivity index (χ0v) is 11.6. The van der Waals surface area contributed by atoms with Gasteiger partial charge in [-0.1, -0.05) is 29.3 Å². The Morgan fingerprint density at radius 1 is 1.11 bits per heavy atom. The molecule has 0 fully saturated rings. The van der Waals surface area contributed by atoms with E-state index in [0.717, 1.165) is 24.2 Å². The molecule has 0 saturated carbocycles. The van der Waals surface area contributed by atoms with Gasteiger partial charge in [0.15, 0.2) is 0 Å². The van der Waals surface area contributed by atoms with E-state index in [1.807, 2.05) is 37.4 Å². The molecule has 4 heteroatoms. The minimum Gasteiger partial charge on any atom is -0.469 e. The Kier molecular flexibility index (Phi) is 4.70. The van der Waals surface area contributed by atoms with Gasteiger partial charge in [-0.05, 0) is 43.3 Å². The summed E-state index contributed by atoms with van der Waals surface area (Å²) in [7, 11) is 1.93. The number of hydrogen-bond acceptors (Lipinski definition) is 2. The van der Waals surface area contributed by atoms with Gasteiger partial charge in [-0.2, -0.15) is 0 Å². The van der Waals surface area contributed by atoms with Crippen molar-refractivity contribution >= 4 is 23.2 Å². The van der Waals surface area contributed by atoms with Gasteiger partial charge in [-0.15, -0.1) is 0 Å². The van der Waals surface area contributed by atoms with Crippen molar-refractivity contribution in [2.24, 2.45) is 0 Å². The topological polar surface area (TPSA) is 25.2 Å². The van der Waals surface area contributed by atoms with E-state index in [1.54, 1.807) is 6.26 Å². The van der Waals surface area contributed by atoms with Crippen molar-refractivity contribution in [1.29, 1.82) is 0 Å². The van der Waals surface area contributed by atoms with Crippen LogP contribution in [0.5, 0.6) is 0 Å². The van der Waals surface area contributed by atoms with Gasteiger partial charge in [-0.3, -0.25) is 0 Å². The molecule has 0 aliphatic heterocycles. The van der Waals surface area contributed by atoms with Gasteiger partial charge in [0.2, 0.25) is 0 Å². The second kappa shape index (κ2) is 6.28. The van der Waals surface area contributed by atoms with Crippen molar-refractivity contribution in [3.8, 4) is 0 Å². The third-order valence-electron chi connectivity index (χ3n) is 2.95. The van der Waals surface area contributed by atoms with Gasteiger partial charge in [0, 0.05) is 22.5 Å². The number of furan rings is 1. The lowest BCUT2D eigenvalue weighted by Crippen LogP contribution is -2.30. The Bertz CT molecular complexity index is 476. The first kappa shape index (κ1) is 13.5. The molecule has 2 rings (SSSR count). The van der Waals surface area contributed by atoms with Crippen molar-refractivity contribution in [3.05, 3.63) is 58.0 Å². The van der Waals surface area contributed by atoms with Crippen LogP contribution in [0.4, 0.5) is 0 Å². The van der Waals surface area contributed by atoms with E-state index in [1.165, 1.54) is 0 Å². The van der Waals surface area contributed by atoms with Gasteiger partial charge < -0.3 is 9.73 Å². The average molecular weight is 284 g/mol.